The average molecular weight is 399 g/mol. The third kappa shape index (κ3) is 3.71. The predicted molar refractivity (Wildman–Crippen MR) is 108 cm³/mol. The molecule has 146 valence electrons. The Hall–Kier alpha value is -2.54. The van der Waals surface area contributed by atoms with Gasteiger partial charge in [0, 0.05) is 31.4 Å². The molecule has 1 aliphatic carbocycles. The van der Waals surface area contributed by atoms with Gasteiger partial charge in [0.2, 0.25) is 5.91 Å². The summed E-state index contributed by atoms with van der Waals surface area (Å²) in [6, 6.07) is 6.10. The van der Waals surface area contributed by atoms with Crippen molar-refractivity contribution in [2.75, 3.05) is 7.05 Å². The van der Waals surface area contributed by atoms with Crippen LogP contribution in [0.2, 0.25) is 0 Å². The van der Waals surface area contributed by atoms with Crippen molar-refractivity contribution in [3.8, 4) is 0 Å². The minimum absolute atomic E-state index is 0.0432. The Balaban J connectivity index is 1.46. The zero-order valence-corrected chi connectivity index (χ0v) is 16.6. The number of hydrogen-bond donors (Lipinski definition) is 0. The first-order valence-electron chi connectivity index (χ1n) is 9.51. The summed E-state index contributed by atoms with van der Waals surface area (Å²) in [6.45, 7) is 0.711. The summed E-state index contributed by atoms with van der Waals surface area (Å²) in [6.07, 6.45) is 6.03. The fourth-order valence-corrected chi connectivity index (χ4v) is 4.92. The van der Waals surface area contributed by atoms with Crippen LogP contribution in [-0.4, -0.2) is 27.4 Å². The first-order chi connectivity index (χ1) is 13.5. The molecule has 2 heterocycles. The number of rotatable bonds is 5. The van der Waals surface area contributed by atoms with E-state index in [9.17, 15) is 14.0 Å². The van der Waals surface area contributed by atoms with Gasteiger partial charge in [-0.05, 0) is 48.9 Å². The van der Waals surface area contributed by atoms with Crippen molar-refractivity contribution in [2.45, 2.75) is 45.2 Å². The van der Waals surface area contributed by atoms with Crippen LogP contribution in [0.5, 0.6) is 0 Å². The molecular weight excluding hydrogens is 377 g/mol. The van der Waals surface area contributed by atoms with Crippen LogP contribution in [-0.2, 0) is 30.7 Å². The second-order valence-corrected chi connectivity index (χ2v) is 8.34. The third-order valence-corrected chi connectivity index (χ3v) is 6.47. The van der Waals surface area contributed by atoms with Crippen LogP contribution in [0.1, 0.15) is 35.3 Å². The summed E-state index contributed by atoms with van der Waals surface area (Å²) in [5.74, 6) is -0.362. The molecule has 28 heavy (non-hydrogen) atoms. The first kappa shape index (κ1) is 18.8. The Kier molecular flexibility index (Phi) is 5.26. The van der Waals surface area contributed by atoms with Crippen molar-refractivity contribution in [2.24, 2.45) is 0 Å². The maximum absolute atomic E-state index is 13.0. The van der Waals surface area contributed by atoms with E-state index in [4.69, 9.17) is 0 Å². The van der Waals surface area contributed by atoms with E-state index in [2.05, 4.69) is 4.98 Å². The quantitative estimate of drug-likeness (QED) is 0.660. The van der Waals surface area contributed by atoms with E-state index in [-0.39, 0.29) is 23.7 Å². The molecule has 0 saturated heterocycles. The van der Waals surface area contributed by atoms with Crippen LogP contribution in [0.15, 0.2) is 35.4 Å². The SMILES string of the molecule is CN(Cc1ccc(F)cc1)C(=O)CCn1cnc2sc3c(c2c1=O)CCCC3. The molecule has 7 heteroatoms. The Morgan fingerprint density at radius 2 is 2.00 bits per heavy atom. The number of amides is 1. The monoisotopic (exact) mass is 399 g/mol. The summed E-state index contributed by atoms with van der Waals surface area (Å²) in [5.41, 5.74) is 1.98. The number of nitrogens with zero attached hydrogens (tertiary/aromatic N) is 3. The average Bonchev–Trinajstić information content (AvgIpc) is 3.08. The largest absolute Gasteiger partial charge is 0.341 e. The number of hydrogen-bond acceptors (Lipinski definition) is 4. The lowest BCUT2D eigenvalue weighted by atomic mass is 9.97. The molecule has 0 aliphatic heterocycles. The van der Waals surface area contributed by atoms with Crippen molar-refractivity contribution < 1.29 is 9.18 Å². The molecule has 5 nitrogen and oxygen atoms in total. The van der Waals surface area contributed by atoms with E-state index in [1.807, 2.05) is 0 Å². The number of halogens is 1. The van der Waals surface area contributed by atoms with E-state index < -0.39 is 0 Å². The fraction of sp³-hybridized carbons (Fsp3) is 0.381. The number of carbonyl (C=O) groups excluding carboxylic acids is 1. The van der Waals surface area contributed by atoms with Crippen molar-refractivity contribution in [1.29, 1.82) is 0 Å². The number of benzene rings is 1. The lowest BCUT2D eigenvalue weighted by Gasteiger charge is -2.17. The topological polar surface area (TPSA) is 55.2 Å². The summed E-state index contributed by atoms with van der Waals surface area (Å²) in [5, 5.41) is 0.745. The maximum Gasteiger partial charge on any atom is 0.262 e. The number of thiophene rings is 1. The molecule has 1 aliphatic rings. The highest BCUT2D eigenvalue weighted by Gasteiger charge is 2.20. The van der Waals surface area contributed by atoms with Gasteiger partial charge in [0.05, 0.1) is 11.7 Å². The molecule has 2 aromatic heterocycles. The first-order valence-corrected chi connectivity index (χ1v) is 10.3. The lowest BCUT2D eigenvalue weighted by Crippen LogP contribution is -2.29. The second-order valence-electron chi connectivity index (χ2n) is 7.26. The van der Waals surface area contributed by atoms with Crippen LogP contribution in [0.25, 0.3) is 10.2 Å². The molecule has 3 aromatic rings. The summed E-state index contributed by atoms with van der Waals surface area (Å²) >= 11 is 1.63. The Bertz CT molecular complexity index is 1070. The van der Waals surface area contributed by atoms with Gasteiger partial charge in [-0.1, -0.05) is 12.1 Å². The Morgan fingerprint density at radius 1 is 1.25 bits per heavy atom. The third-order valence-electron chi connectivity index (χ3n) is 5.27. The van der Waals surface area contributed by atoms with Crippen LogP contribution >= 0.6 is 11.3 Å². The van der Waals surface area contributed by atoms with E-state index in [0.29, 0.717) is 13.1 Å². The summed E-state index contributed by atoms with van der Waals surface area (Å²) < 4.78 is 14.6. The molecule has 0 unspecified atom stereocenters. The molecule has 1 amide bonds. The molecule has 0 atom stereocenters. The van der Waals surface area contributed by atoms with Gasteiger partial charge < -0.3 is 4.90 Å². The van der Waals surface area contributed by atoms with Gasteiger partial charge in [-0.15, -0.1) is 11.3 Å². The van der Waals surface area contributed by atoms with Crippen LogP contribution in [0, 0.1) is 5.82 Å². The molecule has 0 radical (unpaired) electrons. The molecule has 1 aromatic carbocycles. The molecule has 0 N–H and O–H groups in total. The van der Waals surface area contributed by atoms with Gasteiger partial charge in [-0.25, -0.2) is 9.37 Å². The van der Waals surface area contributed by atoms with Gasteiger partial charge in [-0.2, -0.15) is 0 Å². The highest BCUT2D eigenvalue weighted by Crippen LogP contribution is 2.33. The highest BCUT2D eigenvalue weighted by molar-refractivity contribution is 7.18. The van der Waals surface area contributed by atoms with Crippen molar-refractivity contribution >= 4 is 27.5 Å². The molecule has 0 fully saturated rings. The predicted octanol–water partition coefficient (Wildman–Crippen LogP) is 3.52. The minimum Gasteiger partial charge on any atom is -0.341 e. The van der Waals surface area contributed by atoms with Gasteiger partial charge in [0.15, 0.2) is 0 Å². The van der Waals surface area contributed by atoms with Crippen LogP contribution in [0.4, 0.5) is 4.39 Å². The van der Waals surface area contributed by atoms with Gasteiger partial charge in [0.25, 0.3) is 5.56 Å². The number of carbonyl (C=O) groups is 1. The highest BCUT2D eigenvalue weighted by atomic mass is 32.1. The number of aromatic nitrogens is 2. The molecule has 0 spiro atoms. The summed E-state index contributed by atoms with van der Waals surface area (Å²) in [4.78, 5) is 33.6. The van der Waals surface area contributed by atoms with Crippen molar-refractivity contribution in [3.63, 3.8) is 0 Å². The van der Waals surface area contributed by atoms with E-state index >= 15 is 0 Å². The van der Waals surface area contributed by atoms with E-state index in [0.717, 1.165) is 40.6 Å². The number of fused-ring (bicyclic) bond motifs is 3. The zero-order chi connectivity index (χ0) is 19.7. The smallest absolute Gasteiger partial charge is 0.262 e. The van der Waals surface area contributed by atoms with Crippen molar-refractivity contribution in [3.05, 3.63) is 62.8 Å². The lowest BCUT2D eigenvalue weighted by molar-refractivity contribution is -0.130. The van der Waals surface area contributed by atoms with Gasteiger partial charge in [-0.3, -0.25) is 14.2 Å². The maximum atomic E-state index is 13.0. The van der Waals surface area contributed by atoms with E-state index in [1.54, 1.807) is 46.3 Å². The number of aryl methyl sites for hydroxylation is 3. The summed E-state index contributed by atoms with van der Waals surface area (Å²) in [7, 11) is 1.71. The Morgan fingerprint density at radius 3 is 2.79 bits per heavy atom. The van der Waals surface area contributed by atoms with Crippen LogP contribution in [0.3, 0.4) is 0 Å². The normalized spacial score (nSPS) is 13.5. The second kappa shape index (κ2) is 7.83. The molecule has 0 bridgehead atoms. The van der Waals surface area contributed by atoms with Crippen LogP contribution < -0.4 is 5.56 Å². The van der Waals surface area contributed by atoms with Crippen molar-refractivity contribution in [1.82, 2.24) is 14.5 Å². The van der Waals surface area contributed by atoms with E-state index in [1.165, 1.54) is 23.4 Å². The molecule has 4 rings (SSSR count). The van der Waals surface area contributed by atoms with Gasteiger partial charge in [0.1, 0.15) is 10.6 Å². The van der Waals surface area contributed by atoms with Gasteiger partial charge >= 0.3 is 0 Å². The molecule has 0 saturated carbocycles. The fourth-order valence-electron chi connectivity index (χ4n) is 3.70. The Labute approximate surface area is 166 Å². The standard InChI is InChI=1S/C21H22FN3O2S/c1-24(12-14-6-8-15(22)9-7-14)18(26)10-11-25-13-23-20-19(21(25)27)16-4-2-3-5-17(16)28-20/h6-9,13H,2-5,10-12H2,1H3. The molecular formula is C21H22FN3O2S. The minimum atomic E-state index is -0.296. The zero-order valence-electron chi connectivity index (χ0n) is 15.8.